The van der Waals surface area contributed by atoms with Crippen LogP contribution in [-0.4, -0.2) is 61.3 Å². The number of carbonyl (C=O) groups is 3. The van der Waals surface area contributed by atoms with E-state index in [9.17, 15) is 32.8 Å². The number of nitriles is 1. The molecule has 5 aromatic rings. The molecule has 0 unspecified atom stereocenters. The highest BCUT2D eigenvalue weighted by molar-refractivity contribution is 14.2. The summed E-state index contributed by atoms with van der Waals surface area (Å²) < 4.78 is 47.1. The third-order valence-corrected chi connectivity index (χ3v) is 11.4. The van der Waals surface area contributed by atoms with Crippen LogP contribution in [0.4, 0.5) is 19.0 Å². The van der Waals surface area contributed by atoms with Crippen LogP contribution >= 0.6 is 20.7 Å². The number of hydrogen-bond acceptors (Lipinski definition) is 7. The van der Waals surface area contributed by atoms with Crippen LogP contribution in [-0.2, 0) is 22.3 Å². The minimum atomic E-state index is -4.69. The van der Waals surface area contributed by atoms with E-state index in [4.69, 9.17) is 0 Å². The van der Waals surface area contributed by atoms with Crippen molar-refractivity contribution >= 4 is 65.2 Å². The van der Waals surface area contributed by atoms with Gasteiger partial charge in [0.1, 0.15) is 30.2 Å². The molecule has 1 aliphatic rings. The topological polar surface area (TPSA) is 138 Å². The van der Waals surface area contributed by atoms with Crippen molar-refractivity contribution in [3.63, 3.8) is 0 Å². The lowest BCUT2D eigenvalue weighted by atomic mass is 9.99. The molecule has 0 saturated carbocycles. The number of aromatic nitrogens is 5. The number of benzene rings is 1. The van der Waals surface area contributed by atoms with Gasteiger partial charge in [0.2, 0.25) is 11.8 Å². The molecule has 6 rings (SSSR count). The van der Waals surface area contributed by atoms with Gasteiger partial charge in [-0.2, -0.15) is 23.4 Å². The van der Waals surface area contributed by atoms with Gasteiger partial charge >= 0.3 is 6.18 Å². The van der Waals surface area contributed by atoms with Crippen LogP contribution in [0.3, 0.4) is 0 Å². The summed E-state index contributed by atoms with van der Waals surface area (Å²) in [4.78, 5) is 49.9. The Morgan fingerprint density at radius 3 is 2.51 bits per heavy atom. The molecule has 1 fully saturated rings. The number of hydrogen-bond donors (Lipinski definition) is 1. The van der Waals surface area contributed by atoms with Crippen molar-refractivity contribution in [1.82, 2.24) is 29.0 Å². The van der Waals surface area contributed by atoms with E-state index in [0.717, 1.165) is 22.8 Å². The number of anilines is 1. The largest absolute Gasteiger partial charge is 0.433 e. The van der Waals surface area contributed by atoms with Crippen molar-refractivity contribution in [2.24, 2.45) is 5.92 Å². The SMILES string of the molecule is C=I[C@@H]1[C@@H](C)C[C@@H](C(=O)Nc2nc(C(F)(F)F)ccc2C)N1C(=O)Cn1cc(C(C)=O)c2cc(-c3ccc4nc(C#N)nn4c3)cc(C)c21. The molecule has 4 aromatic heterocycles. The monoisotopic (exact) mass is 782 g/mol. The van der Waals surface area contributed by atoms with Gasteiger partial charge in [-0.15, -0.1) is 25.8 Å². The Kier molecular flexibility index (Phi) is 8.86. The molecule has 2 amide bonds. The zero-order valence-corrected chi connectivity index (χ0v) is 29.0. The molecule has 3 atom stereocenters. The quantitative estimate of drug-likeness (QED) is 0.0918. The molecule has 0 bridgehead atoms. The van der Waals surface area contributed by atoms with Gasteiger partial charge in [0.05, 0.1) is 9.57 Å². The highest BCUT2D eigenvalue weighted by atomic mass is 127. The molecule has 0 radical (unpaired) electrons. The van der Waals surface area contributed by atoms with E-state index in [1.54, 1.807) is 30.0 Å². The number of fused-ring (bicyclic) bond motifs is 2. The van der Waals surface area contributed by atoms with Crippen LogP contribution in [0.2, 0.25) is 0 Å². The number of alkyl halides is 4. The Morgan fingerprint density at radius 1 is 1.08 bits per heavy atom. The maximum Gasteiger partial charge on any atom is 0.433 e. The highest BCUT2D eigenvalue weighted by Gasteiger charge is 2.44. The minimum Gasteiger partial charge on any atom is -0.337 e. The summed E-state index contributed by atoms with van der Waals surface area (Å²) in [6.07, 6.45) is -0.990. The number of nitrogens with one attached hydrogen (secondary N) is 1. The van der Waals surface area contributed by atoms with E-state index in [0.29, 0.717) is 34.1 Å². The molecular formula is C34H30F3IN8O3. The molecule has 11 nitrogen and oxygen atoms in total. The molecule has 0 spiro atoms. The Hall–Kier alpha value is -4.98. The van der Waals surface area contributed by atoms with E-state index in [2.05, 4.69) is 24.9 Å². The summed E-state index contributed by atoms with van der Waals surface area (Å²) in [5.74, 6) is -1.42. The van der Waals surface area contributed by atoms with Gasteiger partial charge in [-0.05, 0) is 80.1 Å². The van der Waals surface area contributed by atoms with E-state index < -0.39 is 44.6 Å². The van der Waals surface area contributed by atoms with Crippen molar-refractivity contribution in [1.29, 1.82) is 5.26 Å². The smallest absolute Gasteiger partial charge is 0.337 e. The van der Waals surface area contributed by atoms with Gasteiger partial charge in [0.15, 0.2) is 11.4 Å². The maximum absolute atomic E-state index is 14.2. The fraction of sp³-hybridized carbons (Fsp3) is 0.294. The third kappa shape index (κ3) is 6.32. The van der Waals surface area contributed by atoms with Gasteiger partial charge in [0.25, 0.3) is 5.82 Å². The first-order valence-corrected chi connectivity index (χ1v) is 17.9. The van der Waals surface area contributed by atoms with E-state index in [1.165, 1.54) is 22.4 Å². The second-order valence-electron chi connectivity index (χ2n) is 12.1. The average molecular weight is 783 g/mol. The molecule has 1 N–H and O–H groups in total. The number of Topliss-reactive ketones (excluding diaryl/α,β-unsaturated/α-hetero) is 1. The van der Waals surface area contributed by atoms with Crippen LogP contribution < -0.4 is 5.32 Å². The lowest BCUT2D eigenvalue weighted by molar-refractivity contribution is -0.141. The average Bonchev–Trinajstić information content (AvgIpc) is 3.74. The van der Waals surface area contributed by atoms with Crippen LogP contribution in [0.15, 0.2) is 48.8 Å². The van der Waals surface area contributed by atoms with Crippen molar-refractivity contribution < 1.29 is 27.6 Å². The molecule has 1 saturated heterocycles. The van der Waals surface area contributed by atoms with Gasteiger partial charge < -0.3 is 14.8 Å². The summed E-state index contributed by atoms with van der Waals surface area (Å²) >= 11 is -0.800. The van der Waals surface area contributed by atoms with Gasteiger partial charge in [-0.25, -0.2) is 9.50 Å². The van der Waals surface area contributed by atoms with Crippen molar-refractivity contribution in [2.45, 2.75) is 56.9 Å². The number of aryl methyl sites for hydroxylation is 2. The number of amides is 2. The predicted octanol–water partition coefficient (Wildman–Crippen LogP) is 6.06. The number of rotatable bonds is 7. The summed E-state index contributed by atoms with van der Waals surface area (Å²) in [5, 5.41) is 16.5. The normalized spacial score (nSPS) is 17.8. The third-order valence-electron chi connectivity index (χ3n) is 8.66. The van der Waals surface area contributed by atoms with Crippen molar-refractivity contribution in [2.75, 3.05) is 5.32 Å². The summed E-state index contributed by atoms with van der Waals surface area (Å²) in [5.41, 5.74) is 3.18. The first-order chi connectivity index (χ1) is 23.2. The molecule has 1 aliphatic heterocycles. The molecule has 15 heteroatoms. The number of pyridine rings is 2. The lowest BCUT2D eigenvalue weighted by Gasteiger charge is -2.29. The summed E-state index contributed by atoms with van der Waals surface area (Å²) in [7, 11) is 0. The zero-order chi connectivity index (χ0) is 35.4. The maximum atomic E-state index is 14.2. The summed E-state index contributed by atoms with van der Waals surface area (Å²) in [6.45, 7) is 6.62. The standard InChI is InChI=1S/C34H30F3IN8O3/c1-17-6-8-26(34(35,36)37)40-32(17)42-33(49)25-11-19(3)31(38-5)46(25)29(48)16-44-15-24(20(4)47)23-12-22(10-18(2)30(23)44)21-7-9-28-41-27(13-39)43-45(28)14-21/h6-10,12,14-15,19,25,31H,5,11,16H2,1-4H3,(H,40,42,49)/t19-,25-,31-/m0/s1. The van der Waals surface area contributed by atoms with Gasteiger partial charge in [-0.1, -0.05) is 17.5 Å². The number of ketones is 1. The molecule has 0 aliphatic carbocycles. The van der Waals surface area contributed by atoms with Crippen LogP contribution in [0.1, 0.15) is 53.3 Å². The fourth-order valence-corrected chi connectivity index (χ4v) is 8.65. The second-order valence-corrected chi connectivity index (χ2v) is 14.2. The number of nitrogens with zero attached hydrogens (tertiary/aromatic N) is 7. The number of likely N-dealkylation sites (tertiary alicyclic amines) is 1. The molecular weight excluding hydrogens is 752 g/mol. The van der Waals surface area contributed by atoms with E-state index in [-0.39, 0.29) is 39.8 Å². The van der Waals surface area contributed by atoms with Crippen molar-refractivity contribution in [3.05, 3.63) is 77.0 Å². The van der Waals surface area contributed by atoms with E-state index in [1.807, 2.05) is 38.1 Å². The Morgan fingerprint density at radius 2 is 1.84 bits per heavy atom. The van der Waals surface area contributed by atoms with Crippen LogP contribution in [0.25, 0.3) is 27.7 Å². The molecule has 252 valence electrons. The Bertz CT molecular complexity index is 2240. The number of carbonyl (C=O) groups excluding carboxylic acids is 3. The number of halogens is 4. The second kappa shape index (κ2) is 12.8. The lowest BCUT2D eigenvalue weighted by Crippen LogP contribution is -2.47. The highest BCUT2D eigenvalue weighted by Crippen LogP contribution is 2.38. The zero-order valence-electron chi connectivity index (χ0n) is 26.8. The molecule has 49 heavy (non-hydrogen) atoms. The van der Waals surface area contributed by atoms with Crippen molar-refractivity contribution in [3.8, 4) is 17.2 Å². The van der Waals surface area contributed by atoms with Gasteiger partial charge in [0, 0.05) is 28.9 Å². The van der Waals surface area contributed by atoms with Gasteiger partial charge in [-0.3, -0.25) is 14.4 Å². The Labute approximate surface area is 288 Å². The van der Waals surface area contributed by atoms with Crippen LogP contribution in [0, 0.1) is 31.1 Å². The first-order valence-electron chi connectivity index (χ1n) is 15.1. The Balaban J connectivity index is 1.33. The summed E-state index contributed by atoms with van der Waals surface area (Å²) in [6, 6.07) is 10.5. The molecule has 1 aromatic carbocycles. The molecule has 5 heterocycles. The minimum absolute atomic E-state index is 0.0437. The van der Waals surface area contributed by atoms with E-state index >= 15 is 0 Å². The predicted molar refractivity (Wildman–Crippen MR) is 185 cm³/mol. The first kappa shape index (κ1) is 33.9. The fourth-order valence-electron chi connectivity index (χ4n) is 6.36. The van der Waals surface area contributed by atoms with Crippen LogP contribution in [0.5, 0.6) is 0 Å².